The summed E-state index contributed by atoms with van der Waals surface area (Å²) in [7, 11) is 0. The molecule has 20 heavy (non-hydrogen) atoms. The molecule has 1 unspecified atom stereocenters. The SMILES string of the molecule is Cc1nc(C2CCOc3ccccc32)nc(C)c1CN. The van der Waals surface area contributed by atoms with Crippen molar-refractivity contribution in [1.29, 1.82) is 0 Å². The third kappa shape index (κ3) is 2.16. The van der Waals surface area contributed by atoms with E-state index in [1.165, 1.54) is 5.56 Å². The zero-order valence-electron chi connectivity index (χ0n) is 11.9. The van der Waals surface area contributed by atoms with Gasteiger partial charge in [0.2, 0.25) is 0 Å². The lowest BCUT2D eigenvalue weighted by Crippen LogP contribution is -2.19. The van der Waals surface area contributed by atoms with Crippen molar-refractivity contribution >= 4 is 0 Å². The zero-order valence-corrected chi connectivity index (χ0v) is 11.9. The highest BCUT2D eigenvalue weighted by molar-refractivity contribution is 5.41. The van der Waals surface area contributed by atoms with Crippen molar-refractivity contribution in [2.24, 2.45) is 5.73 Å². The standard InChI is InChI=1S/C16H19N3O/c1-10-14(9-17)11(2)19-16(18-10)13-7-8-20-15-6-4-3-5-12(13)15/h3-6,13H,7-9,17H2,1-2H3. The summed E-state index contributed by atoms with van der Waals surface area (Å²) in [5, 5.41) is 0. The Balaban J connectivity index is 2.07. The molecular formula is C16H19N3O. The molecule has 0 saturated heterocycles. The van der Waals surface area contributed by atoms with Gasteiger partial charge in [-0.2, -0.15) is 0 Å². The molecule has 0 spiro atoms. The molecule has 0 radical (unpaired) electrons. The molecule has 0 amide bonds. The van der Waals surface area contributed by atoms with Crippen LogP contribution in [0.3, 0.4) is 0 Å². The van der Waals surface area contributed by atoms with E-state index in [9.17, 15) is 0 Å². The lowest BCUT2D eigenvalue weighted by Gasteiger charge is -2.25. The first kappa shape index (κ1) is 13.1. The van der Waals surface area contributed by atoms with Gasteiger partial charge in [-0.05, 0) is 26.3 Å². The first-order valence-electron chi connectivity index (χ1n) is 6.96. The van der Waals surface area contributed by atoms with Gasteiger partial charge in [-0.3, -0.25) is 0 Å². The van der Waals surface area contributed by atoms with Crippen LogP contribution in [0.15, 0.2) is 24.3 Å². The number of aromatic nitrogens is 2. The minimum Gasteiger partial charge on any atom is -0.493 e. The maximum absolute atomic E-state index is 5.76. The molecule has 0 fully saturated rings. The van der Waals surface area contributed by atoms with Crippen LogP contribution in [0.25, 0.3) is 0 Å². The molecule has 4 nitrogen and oxygen atoms in total. The van der Waals surface area contributed by atoms with Crippen LogP contribution in [0.1, 0.15) is 40.7 Å². The van der Waals surface area contributed by atoms with Crippen LogP contribution in [-0.2, 0) is 6.54 Å². The number of hydrogen-bond donors (Lipinski definition) is 1. The number of ether oxygens (including phenoxy) is 1. The van der Waals surface area contributed by atoms with Crippen molar-refractivity contribution in [3.05, 3.63) is 52.6 Å². The molecule has 2 N–H and O–H groups in total. The predicted molar refractivity (Wildman–Crippen MR) is 77.8 cm³/mol. The molecule has 1 aliphatic heterocycles. The van der Waals surface area contributed by atoms with E-state index in [0.29, 0.717) is 13.2 Å². The molecule has 1 aromatic heterocycles. The highest BCUT2D eigenvalue weighted by atomic mass is 16.5. The van der Waals surface area contributed by atoms with E-state index >= 15 is 0 Å². The molecule has 1 atom stereocenters. The molecule has 3 rings (SSSR count). The zero-order chi connectivity index (χ0) is 14.1. The number of para-hydroxylation sites is 1. The topological polar surface area (TPSA) is 61.0 Å². The van der Waals surface area contributed by atoms with E-state index < -0.39 is 0 Å². The van der Waals surface area contributed by atoms with Gasteiger partial charge in [-0.25, -0.2) is 9.97 Å². The lowest BCUT2D eigenvalue weighted by atomic mass is 9.92. The summed E-state index contributed by atoms with van der Waals surface area (Å²) in [5.41, 5.74) is 9.96. The lowest BCUT2D eigenvalue weighted by molar-refractivity contribution is 0.274. The van der Waals surface area contributed by atoms with Gasteiger partial charge in [0.05, 0.1) is 12.5 Å². The molecule has 0 bridgehead atoms. The van der Waals surface area contributed by atoms with Crippen LogP contribution in [-0.4, -0.2) is 16.6 Å². The van der Waals surface area contributed by atoms with Crippen molar-refractivity contribution in [3.8, 4) is 5.75 Å². The molecule has 4 heteroatoms. The van der Waals surface area contributed by atoms with Gasteiger partial charge in [0.25, 0.3) is 0 Å². The molecular weight excluding hydrogens is 250 g/mol. The van der Waals surface area contributed by atoms with E-state index in [0.717, 1.165) is 34.9 Å². The van der Waals surface area contributed by atoms with E-state index in [2.05, 4.69) is 16.0 Å². The molecule has 104 valence electrons. The number of aryl methyl sites for hydroxylation is 2. The summed E-state index contributed by atoms with van der Waals surface area (Å²) >= 11 is 0. The molecule has 1 aromatic carbocycles. The highest BCUT2D eigenvalue weighted by Gasteiger charge is 2.25. The predicted octanol–water partition coefficient (Wildman–Crippen LogP) is 2.47. The smallest absolute Gasteiger partial charge is 0.136 e. The third-order valence-corrected chi connectivity index (χ3v) is 3.91. The van der Waals surface area contributed by atoms with Crippen LogP contribution in [0.2, 0.25) is 0 Å². The number of hydrogen-bond acceptors (Lipinski definition) is 4. The summed E-state index contributed by atoms with van der Waals surface area (Å²) in [5.74, 6) is 2.04. The number of nitrogens with zero attached hydrogens (tertiary/aromatic N) is 2. The highest BCUT2D eigenvalue weighted by Crippen LogP contribution is 2.36. The normalized spacial score (nSPS) is 17.4. The second kappa shape index (κ2) is 5.21. The van der Waals surface area contributed by atoms with Crippen LogP contribution >= 0.6 is 0 Å². The fourth-order valence-electron chi connectivity index (χ4n) is 2.83. The summed E-state index contributed by atoms with van der Waals surface area (Å²) in [4.78, 5) is 9.36. The largest absolute Gasteiger partial charge is 0.493 e. The van der Waals surface area contributed by atoms with Crippen LogP contribution < -0.4 is 10.5 Å². The van der Waals surface area contributed by atoms with Gasteiger partial charge >= 0.3 is 0 Å². The molecule has 2 heterocycles. The first-order valence-corrected chi connectivity index (χ1v) is 6.96. The van der Waals surface area contributed by atoms with E-state index in [1.807, 2.05) is 32.0 Å². The number of nitrogens with two attached hydrogens (primary N) is 1. The fraction of sp³-hybridized carbons (Fsp3) is 0.375. The average Bonchev–Trinajstić information content (AvgIpc) is 2.46. The molecule has 0 aliphatic carbocycles. The van der Waals surface area contributed by atoms with Gasteiger partial charge in [-0.1, -0.05) is 18.2 Å². The maximum atomic E-state index is 5.76. The second-order valence-corrected chi connectivity index (χ2v) is 5.16. The first-order chi connectivity index (χ1) is 9.70. The Labute approximate surface area is 119 Å². The van der Waals surface area contributed by atoms with E-state index in [1.54, 1.807) is 0 Å². The fourth-order valence-corrected chi connectivity index (χ4v) is 2.83. The Morgan fingerprint density at radius 3 is 2.60 bits per heavy atom. The van der Waals surface area contributed by atoms with Crippen LogP contribution in [0.4, 0.5) is 0 Å². The Bertz CT molecular complexity index is 616. The van der Waals surface area contributed by atoms with E-state index in [4.69, 9.17) is 10.5 Å². The van der Waals surface area contributed by atoms with Gasteiger partial charge in [0.15, 0.2) is 0 Å². The summed E-state index contributed by atoms with van der Waals surface area (Å²) < 4.78 is 5.70. The quantitative estimate of drug-likeness (QED) is 0.909. The van der Waals surface area contributed by atoms with Crippen molar-refractivity contribution in [3.63, 3.8) is 0 Å². The molecule has 0 saturated carbocycles. The third-order valence-electron chi connectivity index (χ3n) is 3.91. The summed E-state index contributed by atoms with van der Waals surface area (Å²) in [6.07, 6.45) is 0.915. The van der Waals surface area contributed by atoms with Gasteiger partial charge in [0.1, 0.15) is 11.6 Å². The monoisotopic (exact) mass is 269 g/mol. The molecule has 2 aromatic rings. The summed E-state index contributed by atoms with van der Waals surface area (Å²) in [6.45, 7) is 5.21. The summed E-state index contributed by atoms with van der Waals surface area (Å²) in [6, 6.07) is 8.14. The van der Waals surface area contributed by atoms with Crippen LogP contribution in [0.5, 0.6) is 5.75 Å². The van der Waals surface area contributed by atoms with Gasteiger partial charge in [-0.15, -0.1) is 0 Å². The maximum Gasteiger partial charge on any atom is 0.136 e. The Morgan fingerprint density at radius 1 is 1.20 bits per heavy atom. The van der Waals surface area contributed by atoms with Gasteiger partial charge in [0, 0.05) is 29.1 Å². The minimum absolute atomic E-state index is 0.212. The molecule has 1 aliphatic rings. The van der Waals surface area contributed by atoms with Crippen LogP contribution in [0, 0.1) is 13.8 Å². The van der Waals surface area contributed by atoms with Crippen molar-refractivity contribution in [2.75, 3.05) is 6.61 Å². The average molecular weight is 269 g/mol. The Morgan fingerprint density at radius 2 is 1.90 bits per heavy atom. The van der Waals surface area contributed by atoms with Crippen molar-refractivity contribution in [1.82, 2.24) is 9.97 Å². The van der Waals surface area contributed by atoms with Gasteiger partial charge < -0.3 is 10.5 Å². The number of benzene rings is 1. The van der Waals surface area contributed by atoms with Crippen molar-refractivity contribution in [2.45, 2.75) is 32.7 Å². The van der Waals surface area contributed by atoms with Crippen molar-refractivity contribution < 1.29 is 4.74 Å². The minimum atomic E-state index is 0.212. The Kier molecular flexibility index (Phi) is 3.40. The Hall–Kier alpha value is -1.94. The second-order valence-electron chi connectivity index (χ2n) is 5.16. The van der Waals surface area contributed by atoms with E-state index in [-0.39, 0.29) is 5.92 Å². The number of fused-ring (bicyclic) bond motifs is 1. The number of rotatable bonds is 2.